The number of rotatable bonds is 8. The van der Waals surface area contributed by atoms with Gasteiger partial charge in [-0.3, -0.25) is 9.69 Å². The number of aliphatic carboxylic acids is 1. The maximum Gasteiger partial charge on any atom is 0.304 e. The molecule has 0 aromatic heterocycles. The molecule has 5 nitrogen and oxygen atoms in total. The molecule has 21 heavy (non-hydrogen) atoms. The first kappa shape index (κ1) is 15.8. The van der Waals surface area contributed by atoms with Gasteiger partial charge in [0.2, 0.25) is 0 Å². The molecule has 1 aromatic rings. The number of ether oxygens (including phenoxy) is 2. The first-order valence-electron chi connectivity index (χ1n) is 7.36. The number of hydrogen-bond acceptors (Lipinski definition) is 4. The minimum atomic E-state index is -0.771. The van der Waals surface area contributed by atoms with Gasteiger partial charge in [0.25, 0.3) is 0 Å². The summed E-state index contributed by atoms with van der Waals surface area (Å²) >= 11 is 0. The van der Waals surface area contributed by atoms with Gasteiger partial charge in [-0.05, 0) is 18.9 Å². The summed E-state index contributed by atoms with van der Waals surface area (Å²) in [6.45, 7) is 2.78. The molecule has 116 valence electrons. The molecule has 1 aliphatic heterocycles. The lowest BCUT2D eigenvalue weighted by atomic mass is 10.1. The zero-order valence-electron chi connectivity index (χ0n) is 12.5. The molecule has 1 aromatic carbocycles. The van der Waals surface area contributed by atoms with Crippen molar-refractivity contribution in [1.29, 1.82) is 0 Å². The molecule has 1 aliphatic rings. The first-order chi connectivity index (χ1) is 10.2. The second-order valence-corrected chi connectivity index (χ2v) is 5.33. The lowest BCUT2D eigenvalue weighted by molar-refractivity contribution is -0.137. The van der Waals surface area contributed by atoms with Crippen LogP contribution in [0.5, 0.6) is 5.75 Å². The van der Waals surface area contributed by atoms with Crippen molar-refractivity contribution in [3.63, 3.8) is 0 Å². The summed E-state index contributed by atoms with van der Waals surface area (Å²) in [5, 5.41) is 8.91. The SMILES string of the molecule is COc1ccccc1CN(CCC(=O)O)CC1CCCO1. The summed E-state index contributed by atoms with van der Waals surface area (Å²) < 4.78 is 11.0. The number of para-hydroxylation sites is 1. The highest BCUT2D eigenvalue weighted by Gasteiger charge is 2.20. The van der Waals surface area contributed by atoms with Crippen LogP contribution in [0.1, 0.15) is 24.8 Å². The number of hydrogen-bond donors (Lipinski definition) is 1. The van der Waals surface area contributed by atoms with Crippen molar-refractivity contribution in [3.8, 4) is 5.75 Å². The second kappa shape index (κ2) is 8.00. The fourth-order valence-electron chi connectivity index (χ4n) is 2.64. The van der Waals surface area contributed by atoms with Crippen molar-refractivity contribution in [1.82, 2.24) is 4.90 Å². The molecular formula is C16H23NO4. The minimum absolute atomic E-state index is 0.141. The van der Waals surface area contributed by atoms with Crippen molar-refractivity contribution in [2.45, 2.75) is 31.9 Å². The van der Waals surface area contributed by atoms with Crippen molar-refractivity contribution in [2.75, 3.05) is 26.8 Å². The average Bonchev–Trinajstić information content (AvgIpc) is 2.98. The fraction of sp³-hybridized carbons (Fsp3) is 0.562. The van der Waals surface area contributed by atoms with Gasteiger partial charge >= 0.3 is 5.97 Å². The number of benzene rings is 1. The van der Waals surface area contributed by atoms with Crippen LogP contribution in [0.3, 0.4) is 0 Å². The van der Waals surface area contributed by atoms with Crippen LogP contribution in [0.15, 0.2) is 24.3 Å². The molecule has 1 atom stereocenters. The first-order valence-corrected chi connectivity index (χ1v) is 7.36. The van der Waals surface area contributed by atoms with E-state index in [4.69, 9.17) is 14.6 Å². The van der Waals surface area contributed by atoms with Crippen LogP contribution in [0.25, 0.3) is 0 Å². The fourth-order valence-corrected chi connectivity index (χ4v) is 2.64. The van der Waals surface area contributed by atoms with Crippen LogP contribution >= 0.6 is 0 Å². The Bertz CT molecular complexity index is 457. The van der Waals surface area contributed by atoms with E-state index in [-0.39, 0.29) is 12.5 Å². The maximum absolute atomic E-state index is 10.8. The van der Waals surface area contributed by atoms with Gasteiger partial charge in [-0.15, -0.1) is 0 Å². The Morgan fingerprint density at radius 3 is 2.95 bits per heavy atom. The van der Waals surface area contributed by atoms with E-state index in [1.54, 1.807) is 7.11 Å². The standard InChI is InChI=1S/C16H23NO4/c1-20-15-7-3-2-5-13(15)11-17(9-8-16(18)19)12-14-6-4-10-21-14/h2-3,5,7,14H,4,6,8-12H2,1H3,(H,18,19). The van der Waals surface area contributed by atoms with Crippen LogP contribution in [0.4, 0.5) is 0 Å². The quantitative estimate of drug-likeness (QED) is 0.796. The maximum atomic E-state index is 10.8. The molecule has 0 radical (unpaired) electrons. The van der Waals surface area contributed by atoms with E-state index < -0.39 is 5.97 Å². The Morgan fingerprint density at radius 2 is 2.29 bits per heavy atom. The molecule has 1 N–H and O–H groups in total. The Labute approximate surface area is 125 Å². The topological polar surface area (TPSA) is 59.0 Å². The highest BCUT2D eigenvalue weighted by molar-refractivity contribution is 5.66. The minimum Gasteiger partial charge on any atom is -0.496 e. The Morgan fingerprint density at radius 1 is 1.48 bits per heavy atom. The molecule has 1 saturated heterocycles. The molecule has 1 fully saturated rings. The normalized spacial score (nSPS) is 18.1. The predicted octanol–water partition coefficient (Wildman–Crippen LogP) is 2.15. The van der Waals surface area contributed by atoms with Gasteiger partial charge in [0.1, 0.15) is 5.75 Å². The predicted molar refractivity (Wildman–Crippen MR) is 79.5 cm³/mol. The third kappa shape index (κ3) is 5.02. The zero-order chi connectivity index (χ0) is 15.1. The summed E-state index contributed by atoms with van der Waals surface area (Å²) in [6, 6.07) is 7.85. The molecule has 0 amide bonds. The highest BCUT2D eigenvalue weighted by Crippen LogP contribution is 2.21. The van der Waals surface area contributed by atoms with Crippen molar-refractivity contribution in [3.05, 3.63) is 29.8 Å². The van der Waals surface area contributed by atoms with Gasteiger partial charge in [-0.2, -0.15) is 0 Å². The highest BCUT2D eigenvalue weighted by atomic mass is 16.5. The number of carboxylic acids is 1. The molecule has 5 heteroatoms. The average molecular weight is 293 g/mol. The smallest absolute Gasteiger partial charge is 0.304 e. The van der Waals surface area contributed by atoms with E-state index in [0.717, 1.165) is 37.3 Å². The molecule has 0 bridgehead atoms. The van der Waals surface area contributed by atoms with E-state index in [0.29, 0.717) is 13.1 Å². The van der Waals surface area contributed by atoms with Crippen LogP contribution < -0.4 is 4.74 Å². The number of nitrogens with zero attached hydrogens (tertiary/aromatic N) is 1. The van der Waals surface area contributed by atoms with Gasteiger partial charge in [0.05, 0.1) is 19.6 Å². The van der Waals surface area contributed by atoms with Crippen molar-refractivity contribution < 1.29 is 19.4 Å². The van der Waals surface area contributed by atoms with Crippen LogP contribution in [-0.4, -0.2) is 48.9 Å². The van der Waals surface area contributed by atoms with Gasteiger partial charge in [0, 0.05) is 31.8 Å². The molecular weight excluding hydrogens is 270 g/mol. The van der Waals surface area contributed by atoms with Crippen LogP contribution in [-0.2, 0) is 16.1 Å². The molecule has 1 heterocycles. The molecule has 0 saturated carbocycles. The Balaban J connectivity index is 2.00. The summed E-state index contributed by atoms with van der Waals surface area (Å²) in [5.41, 5.74) is 1.07. The monoisotopic (exact) mass is 293 g/mol. The van der Waals surface area contributed by atoms with Crippen molar-refractivity contribution in [2.24, 2.45) is 0 Å². The van der Waals surface area contributed by atoms with E-state index in [2.05, 4.69) is 4.90 Å². The second-order valence-electron chi connectivity index (χ2n) is 5.33. The summed E-state index contributed by atoms with van der Waals surface area (Å²) in [6.07, 6.45) is 2.50. The van der Waals surface area contributed by atoms with Crippen LogP contribution in [0, 0.1) is 0 Å². The summed E-state index contributed by atoms with van der Waals surface area (Å²) in [4.78, 5) is 13.0. The lowest BCUT2D eigenvalue weighted by Crippen LogP contribution is -2.33. The molecule has 0 spiro atoms. The van der Waals surface area contributed by atoms with Gasteiger partial charge in [-0.25, -0.2) is 0 Å². The molecule has 1 unspecified atom stereocenters. The van der Waals surface area contributed by atoms with E-state index in [1.165, 1.54) is 0 Å². The summed E-state index contributed by atoms with van der Waals surface area (Å²) in [7, 11) is 1.65. The number of methoxy groups -OCH3 is 1. The largest absolute Gasteiger partial charge is 0.496 e. The van der Waals surface area contributed by atoms with Gasteiger partial charge in [0.15, 0.2) is 0 Å². The third-order valence-corrected chi connectivity index (χ3v) is 3.71. The van der Waals surface area contributed by atoms with E-state index >= 15 is 0 Å². The van der Waals surface area contributed by atoms with E-state index in [1.807, 2.05) is 24.3 Å². The lowest BCUT2D eigenvalue weighted by Gasteiger charge is -2.25. The number of carbonyl (C=O) groups is 1. The summed E-state index contributed by atoms with van der Waals surface area (Å²) in [5.74, 6) is 0.0672. The van der Waals surface area contributed by atoms with Crippen molar-refractivity contribution >= 4 is 5.97 Å². The third-order valence-electron chi connectivity index (χ3n) is 3.71. The van der Waals surface area contributed by atoms with Gasteiger partial charge < -0.3 is 14.6 Å². The van der Waals surface area contributed by atoms with Gasteiger partial charge in [-0.1, -0.05) is 18.2 Å². The Kier molecular flexibility index (Phi) is 6.02. The van der Waals surface area contributed by atoms with Crippen LogP contribution in [0.2, 0.25) is 0 Å². The number of carboxylic acid groups (broad SMARTS) is 1. The molecule has 2 rings (SSSR count). The zero-order valence-corrected chi connectivity index (χ0v) is 12.5. The van der Waals surface area contributed by atoms with E-state index in [9.17, 15) is 4.79 Å². The molecule has 0 aliphatic carbocycles. The Hall–Kier alpha value is -1.59.